The average molecular weight is 512 g/mol. The molecule has 154 valence electrons. The lowest BCUT2D eigenvalue weighted by molar-refractivity contribution is -0.00804. The lowest BCUT2D eigenvalue weighted by Gasteiger charge is -2.34. The largest absolute Gasteiger partial charge is 0.370 e. The van der Waals surface area contributed by atoms with Gasteiger partial charge in [-0.1, -0.05) is 0 Å². The van der Waals surface area contributed by atoms with E-state index in [4.69, 9.17) is 4.74 Å². The normalized spacial score (nSPS) is 23.3. The van der Waals surface area contributed by atoms with E-state index in [1.54, 1.807) is 4.68 Å². The van der Waals surface area contributed by atoms with Gasteiger partial charge >= 0.3 is 0 Å². The summed E-state index contributed by atoms with van der Waals surface area (Å²) in [6, 6.07) is 0. The number of ether oxygens (including phenoxy) is 1. The van der Waals surface area contributed by atoms with E-state index in [0.29, 0.717) is 39.2 Å². The van der Waals surface area contributed by atoms with Gasteiger partial charge in [0, 0.05) is 45.0 Å². The topological polar surface area (TPSA) is 92.1 Å². The minimum absolute atomic E-state index is 0. The molecule has 3 rings (SSSR count). The first-order chi connectivity index (χ1) is 12.5. The van der Waals surface area contributed by atoms with Gasteiger partial charge in [-0.25, -0.2) is 12.7 Å². The molecular weight excluding hydrogens is 483 g/mol. The highest BCUT2D eigenvalue weighted by molar-refractivity contribution is 14.0. The highest BCUT2D eigenvalue weighted by Crippen LogP contribution is 2.21. The Hall–Kier alpha value is -0.920. The van der Waals surface area contributed by atoms with Crippen molar-refractivity contribution in [2.75, 3.05) is 51.6 Å². The van der Waals surface area contributed by atoms with E-state index >= 15 is 0 Å². The van der Waals surface area contributed by atoms with Crippen molar-refractivity contribution in [3.8, 4) is 0 Å². The molecule has 1 unspecified atom stereocenters. The van der Waals surface area contributed by atoms with E-state index in [0.717, 1.165) is 24.6 Å². The average Bonchev–Trinajstić information content (AvgIpc) is 3.19. The number of aliphatic imine (C=N–C) groups is 1. The SMILES string of the molecule is CCNC(=NCCN1CCCS1(=O)=O)N1CCOC(c2cnn(C)c2)C1.I. The van der Waals surface area contributed by atoms with Gasteiger partial charge in [-0.3, -0.25) is 9.67 Å². The Balaban J connectivity index is 0.00000261. The number of hydrogen-bond acceptors (Lipinski definition) is 5. The van der Waals surface area contributed by atoms with Crippen molar-refractivity contribution >= 4 is 40.0 Å². The third-order valence-electron chi connectivity index (χ3n) is 4.61. The molecule has 0 spiro atoms. The van der Waals surface area contributed by atoms with Crippen molar-refractivity contribution < 1.29 is 13.2 Å². The first-order valence-corrected chi connectivity index (χ1v) is 10.7. The maximum Gasteiger partial charge on any atom is 0.214 e. The lowest BCUT2D eigenvalue weighted by atomic mass is 10.1. The molecule has 0 bridgehead atoms. The Labute approximate surface area is 178 Å². The number of nitrogens with zero attached hydrogens (tertiary/aromatic N) is 5. The van der Waals surface area contributed by atoms with Gasteiger partial charge in [0.05, 0.1) is 31.6 Å². The summed E-state index contributed by atoms with van der Waals surface area (Å²) in [5.74, 6) is 1.06. The van der Waals surface area contributed by atoms with Crippen molar-refractivity contribution in [2.45, 2.75) is 19.4 Å². The highest BCUT2D eigenvalue weighted by atomic mass is 127. The first-order valence-electron chi connectivity index (χ1n) is 9.11. The standard InChI is InChI=1S/C16H28N6O3S.HI/c1-3-17-16(18-5-7-22-6-4-10-26(22,23)24)21-8-9-25-15(13-21)14-11-19-20(2)12-14;/h11-12,15H,3-10,13H2,1-2H3,(H,17,18);1H. The second kappa shape index (κ2) is 10.0. The third-order valence-corrected chi connectivity index (χ3v) is 6.57. The molecule has 1 atom stereocenters. The Morgan fingerprint density at radius 3 is 2.89 bits per heavy atom. The van der Waals surface area contributed by atoms with E-state index < -0.39 is 10.0 Å². The summed E-state index contributed by atoms with van der Waals surface area (Å²) >= 11 is 0. The Morgan fingerprint density at radius 2 is 2.26 bits per heavy atom. The lowest BCUT2D eigenvalue weighted by Crippen LogP contribution is -2.48. The van der Waals surface area contributed by atoms with Gasteiger partial charge in [0.1, 0.15) is 6.10 Å². The van der Waals surface area contributed by atoms with Crippen LogP contribution in [0.4, 0.5) is 0 Å². The van der Waals surface area contributed by atoms with Crippen LogP contribution < -0.4 is 5.32 Å². The van der Waals surface area contributed by atoms with Crippen molar-refractivity contribution in [3.05, 3.63) is 18.0 Å². The van der Waals surface area contributed by atoms with Crippen LogP contribution in [0.1, 0.15) is 25.0 Å². The van der Waals surface area contributed by atoms with Crippen molar-refractivity contribution in [3.63, 3.8) is 0 Å². The van der Waals surface area contributed by atoms with E-state index in [2.05, 4.69) is 20.3 Å². The molecule has 0 aromatic carbocycles. The molecule has 0 radical (unpaired) electrons. The van der Waals surface area contributed by atoms with Gasteiger partial charge in [0.15, 0.2) is 5.96 Å². The number of guanidine groups is 1. The molecule has 2 aliphatic heterocycles. The third kappa shape index (κ3) is 5.78. The molecule has 0 amide bonds. The van der Waals surface area contributed by atoms with Crippen LogP contribution in [0.3, 0.4) is 0 Å². The second-order valence-corrected chi connectivity index (χ2v) is 8.65. The summed E-state index contributed by atoms with van der Waals surface area (Å²) in [6.07, 6.45) is 4.47. The summed E-state index contributed by atoms with van der Waals surface area (Å²) in [4.78, 5) is 6.82. The van der Waals surface area contributed by atoms with E-state index in [-0.39, 0.29) is 35.8 Å². The predicted molar refractivity (Wildman–Crippen MR) is 115 cm³/mol. The Morgan fingerprint density at radius 1 is 1.44 bits per heavy atom. The monoisotopic (exact) mass is 512 g/mol. The molecule has 2 saturated heterocycles. The maximum absolute atomic E-state index is 11.9. The molecule has 2 fully saturated rings. The van der Waals surface area contributed by atoms with Gasteiger partial charge < -0.3 is 15.0 Å². The Kier molecular flexibility index (Phi) is 8.31. The quantitative estimate of drug-likeness (QED) is 0.349. The molecule has 0 saturated carbocycles. The number of morpholine rings is 1. The number of rotatable bonds is 5. The van der Waals surface area contributed by atoms with Crippen LogP contribution in [0.25, 0.3) is 0 Å². The molecule has 9 nitrogen and oxygen atoms in total. The molecule has 11 heteroatoms. The highest BCUT2D eigenvalue weighted by Gasteiger charge is 2.28. The fourth-order valence-electron chi connectivity index (χ4n) is 3.29. The first kappa shape index (κ1) is 22.4. The van der Waals surface area contributed by atoms with Crippen molar-refractivity contribution in [1.82, 2.24) is 24.3 Å². The van der Waals surface area contributed by atoms with Gasteiger partial charge in [-0.15, -0.1) is 24.0 Å². The van der Waals surface area contributed by atoms with Gasteiger partial charge in [-0.2, -0.15) is 5.10 Å². The second-order valence-electron chi connectivity index (χ2n) is 6.56. The number of hydrogen-bond donors (Lipinski definition) is 1. The molecule has 27 heavy (non-hydrogen) atoms. The number of sulfonamides is 1. The molecule has 1 aromatic rings. The predicted octanol–water partition coefficient (Wildman–Crippen LogP) is 0.412. The van der Waals surface area contributed by atoms with E-state index in [1.807, 2.05) is 26.4 Å². The van der Waals surface area contributed by atoms with Crippen LogP contribution in [0.15, 0.2) is 17.4 Å². The Bertz CT molecular complexity index is 738. The summed E-state index contributed by atoms with van der Waals surface area (Å²) in [5.41, 5.74) is 1.05. The van der Waals surface area contributed by atoms with Crippen LogP contribution in [0, 0.1) is 0 Å². The zero-order valence-corrected chi connectivity index (χ0v) is 19.0. The molecular formula is C16H29IN6O3S. The fraction of sp³-hybridized carbons (Fsp3) is 0.750. The van der Waals surface area contributed by atoms with Crippen molar-refractivity contribution in [1.29, 1.82) is 0 Å². The zero-order valence-electron chi connectivity index (χ0n) is 15.9. The van der Waals surface area contributed by atoms with E-state index in [1.165, 1.54) is 4.31 Å². The number of nitrogens with one attached hydrogen (secondary N) is 1. The summed E-state index contributed by atoms with van der Waals surface area (Å²) in [6.45, 7) is 6.35. The molecule has 3 heterocycles. The number of aromatic nitrogens is 2. The van der Waals surface area contributed by atoms with Gasteiger partial charge in [0.2, 0.25) is 10.0 Å². The maximum atomic E-state index is 11.9. The smallest absolute Gasteiger partial charge is 0.214 e. The van der Waals surface area contributed by atoms with Crippen LogP contribution in [0.2, 0.25) is 0 Å². The van der Waals surface area contributed by atoms with E-state index in [9.17, 15) is 8.42 Å². The van der Waals surface area contributed by atoms with Crippen LogP contribution in [-0.4, -0.2) is 85.0 Å². The van der Waals surface area contributed by atoms with Crippen LogP contribution in [-0.2, 0) is 21.8 Å². The number of aryl methyl sites for hydroxylation is 1. The fourth-order valence-corrected chi connectivity index (χ4v) is 4.80. The van der Waals surface area contributed by atoms with Crippen molar-refractivity contribution in [2.24, 2.45) is 12.0 Å². The molecule has 1 aromatic heterocycles. The summed E-state index contributed by atoms with van der Waals surface area (Å²) in [5, 5.41) is 7.52. The minimum Gasteiger partial charge on any atom is -0.370 e. The van der Waals surface area contributed by atoms with Crippen LogP contribution in [0.5, 0.6) is 0 Å². The van der Waals surface area contributed by atoms with Gasteiger partial charge in [0.25, 0.3) is 0 Å². The number of halogens is 1. The van der Waals surface area contributed by atoms with Gasteiger partial charge in [-0.05, 0) is 13.3 Å². The minimum atomic E-state index is -3.06. The summed E-state index contributed by atoms with van der Waals surface area (Å²) < 4.78 is 33.0. The van der Waals surface area contributed by atoms with Crippen LogP contribution >= 0.6 is 24.0 Å². The summed E-state index contributed by atoms with van der Waals surface area (Å²) in [7, 11) is -1.17. The molecule has 1 N–H and O–H groups in total. The molecule has 2 aliphatic rings. The molecule has 0 aliphatic carbocycles. The zero-order chi connectivity index (χ0) is 18.6.